The molecule has 2 aromatic heterocycles. The van der Waals surface area contributed by atoms with Gasteiger partial charge in [-0.05, 0) is 50.3 Å². The highest BCUT2D eigenvalue weighted by atomic mass is 16.6. The number of ether oxygens (including phenoxy) is 1. The second kappa shape index (κ2) is 8.84. The molecule has 2 saturated heterocycles. The van der Waals surface area contributed by atoms with Crippen LogP contribution in [0.5, 0.6) is 0 Å². The molecular weight excluding hydrogens is 406 g/mol. The van der Waals surface area contributed by atoms with Crippen molar-refractivity contribution in [1.29, 1.82) is 0 Å². The van der Waals surface area contributed by atoms with Crippen molar-refractivity contribution in [3.05, 3.63) is 36.4 Å². The molecule has 2 aliphatic rings. The van der Waals surface area contributed by atoms with E-state index in [1.165, 1.54) is 0 Å². The van der Waals surface area contributed by atoms with Crippen molar-refractivity contribution in [3.8, 4) is 11.1 Å². The summed E-state index contributed by atoms with van der Waals surface area (Å²) >= 11 is 0. The van der Waals surface area contributed by atoms with Crippen molar-refractivity contribution < 1.29 is 14.3 Å². The lowest BCUT2D eigenvalue weighted by Crippen LogP contribution is -2.49. The largest absolute Gasteiger partial charge is 0.459 e. The first-order valence-electron chi connectivity index (χ1n) is 11.3. The molecule has 8 nitrogen and oxygen atoms in total. The van der Waals surface area contributed by atoms with Gasteiger partial charge in [0.1, 0.15) is 5.60 Å². The number of amides is 1. The van der Waals surface area contributed by atoms with E-state index in [2.05, 4.69) is 34.0 Å². The molecule has 0 unspecified atom stereocenters. The average Bonchev–Trinajstić information content (AvgIpc) is 3.06. The minimum atomic E-state index is -0.750. The topological polar surface area (TPSA) is 97.3 Å². The molecular formula is C24H31N5O3. The minimum absolute atomic E-state index is 0.0749. The fraction of sp³-hybridized carbons (Fsp3) is 0.542. The Bertz CT molecular complexity index is 984. The van der Waals surface area contributed by atoms with Gasteiger partial charge in [0.2, 0.25) is 11.9 Å². The van der Waals surface area contributed by atoms with Crippen LogP contribution in [0.25, 0.3) is 11.1 Å². The standard InChI is InChI=1S/C24H31N5O3/c1-15(2)21-18(16-5-9-25-10-6-16)14-26-23(28-21)29-11-7-17(8-12-29)27-22(31)19-13-20(30)32-24(19,3)4/h5-6,9-10,14-15,17,19H,7-8,11-13H2,1-4H3,(H,27,31)/t19-/m1/s1. The number of pyridine rings is 1. The summed E-state index contributed by atoms with van der Waals surface area (Å²) in [5.74, 6) is 0.145. The highest BCUT2D eigenvalue weighted by Crippen LogP contribution is 2.33. The number of nitrogens with one attached hydrogen (secondary N) is 1. The zero-order valence-corrected chi connectivity index (χ0v) is 19.2. The molecule has 1 N–H and O–H groups in total. The second-order valence-corrected chi connectivity index (χ2v) is 9.46. The molecule has 4 heterocycles. The molecule has 1 amide bonds. The summed E-state index contributed by atoms with van der Waals surface area (Å²) in [6.45, 7) is 9.39. The van der Waals surface area contributed by atoms with Crippen molar-refractivity contribution in [3.63, 3.8) is 0 Å². The molecule has 0 aromatic carbocycles. The third-order valence-corrected chi connectivity index (χ3v) is 6.37. The first-order valence-corrected chi connectivity index (χ1v) is 11.3. The van der Waals surface area contributed by atoms with Gasteiger partial charge in [-0.1, -0.05) is 13.8 Å². The van der Waals surface area contributed by atoms with Crippen molar-refractivity contribution in [1.82, 2.24) is 20.3 Å². The van der Waals surface area contributed by atoms with Crippen LogP contribution >= 0.6 is 0 Å². The van der Waals surface area contributed by atoms with E-state index < -0.39 is 11.5 Å². The van der Waals surface area contributed by atoms with Crippen molar-refractivity contribution in [2.24, 2.45) is 5.92 Å². The Morgan fingerprint density at radius 2 is 1.91 bits per heavy atom. The lowest BCUT2D eigenvalue weighted by atomic mass is 9.89. The van der Waals surface area contributed by atoms with Crippen molar-refractivity contribution in [2.75, 3.05) is 18.0 Å². The number of carbonyl (C=O) groups excluding carboxylic acids is 2. The van der Waals surface area contributed by atoms with Gasteiger partial charge in [-0.15, -0.1) is 0 Å². The lowest BCUT2D eigenvalue weighted by Gasteiger charge is -2.34. The highest BCUT2D eigenvalue weighted by molar-refractivity contribution is 5.87. The maximum Gasteiger partial charge on any atom is 0.307 e. The summed E-state index contributed by atoms with van der Waals surface area (Å²) < 4.78 is 5.29. The van der Waals surface area contributed by atoms with Gasteiger partial charge in [0.25, 0.3) is 0 Å². The van der Waals surface area contributed by atoms with Crippen LogP contribution in [0.3, 0.4) is 0 Å². The van der Waals surface area contributed by atoms with E-state index >= 15 is 0 Å². The van der Waals surface area contributed by atoms with E-state index in [0.29, 0.717) is 0 Å². The molecule has 2 aliphatic heterocycles. The maximum absolute atomic E-state index is 12.7. The van der Waals surface area contributed by atoms with E-state index in [-0.39, 0.29) is 30.3 Å². The number of aromatic nitrogens is 3. The van der Waals surface area contributed by atoms with Gasteiger partial charge in [0, 0.05) is 43.3 Å². The number of nitrogens with zero attached hydrogens (tertiary/aromatic N) is 4. The van der Waals surface area contributed by atoms with Crippen LogP contribution in [0.1, 0.15) is 58.6 Å². The molecule has 0 bridgehead atoms. The summed E-state index contributed by atoms with van der Waals surface area (Å²) in [6.07, 6.45) is 7.22. The predicted molar refractivity (Wildman–Crippen MR) is 121 cm³/mol. The number of carbonyl (C=O) groups is 2. The van der Waals surface area contributed by atoms with Gasteiger partial charge in [0.05, 0.1) is 18.0 Å². The Morgan fingerprint density at radius 3 is 2.50 bits per heavy atom. The SMILES string of the molecule is CC(C)c1nc(N2CCC(NC(=O)[C@H]3CC(=O)OC3(C)C)CC2)ncc1-c1ccncc1. The number of hydrogen-bond acceptors (Lipinski definition) is 7. The highest BCUT2D eigenvalue weighted by Gasteiger charge is 2.46. The Kier molecular flexibility index (Phi) is 6.13. The number of anilines is 1. The fourth-order valence-electron chi connectivity index (χ4n) is 4.48. The number of piperidine rings is 1. The van der Waals surface area contributed by atoms with E-state index in [1.807, 2.05) is 18.3 Å². The summed E-state index contributed by atoms with van der Waals surface area (Å²) in [6, 6.07) is 4.02. The average molecular weight is 438 g/mol. The zero-order chi connectivity index (χ0) is 22.9. The van der Waals surface area contributed by atoms with Crippen LogP contribution in [0.15, 0.2) is 30.7 Å². The van der Waals surface area contributed by atoms with Crippen LogP contribution in [0, 0.1) is 5.92 Å². The van der Waals surface area contributed by atoms with E-state index in [9.17, 15) is 9.59 Å². The van der Waals surface area contributed by atoms with Gasteiger partial charge in [-0.3, -0.25) is 14.6 Å². The molecule has 8 heteroatoms. The summed E-state index contributed by atoms with van der Waals surface area (Å²) in [4.78, 5) is 40.2. The fourth-order valence-corrected chi connectivity index (χ4v) is 4.48. The van der Waals surface area contributed by atoms with Crippen LogP contribution in [-0.4, -0.2) is 51.6 Å². The van der Waals surface area contributed by atoms with Gasteiger partial charge in [0.15, 0.2) is 0 Å². The van der Waals surface area contributed by atoms with E-state index in [4.69, 9.17) is 9.72 Å². The Morgan fingerprint density at radius 1 is 1.22 bits per heavy atom. The monoisotopic (exact) mass is 437 g/mol. The molecule has 170 valence electrons. The van der Waals surface area contributed by atoms with Crippen LogP contribution in [-0.2, 0) is 14.3 Å². The Labute approximate surface area is 188 Å². The zero-order valence-electron chi connectivity index (χ0n) is 19.2. The number of hydrogen-bond donors (Lipinski definition) is 1. The Balaban J connectivity index is 1.40. The smallest absolute Gasteiger partial charge is 0.307 e. The molecule has 0 radical (unpaired) electrons. The molecule has 2 aromatic rings. The molecule has 4 rings (SSSR count). The molecule has 1 atom stereocenters. The van der Waals surface area contributed by atoms with Gasteiger partial charge >= 0.3 is 5.97 Å². The number of cyclic esters (lactones) is 1. The summed E-state index contributed by atoms with van der Waals surface area (Å²) in [7, 11) is 0. The first-order chi connectivity index (χ1) is 15.2. The molecule has 0 aliphatic carbocycles. The van der Waals surface area contributed by atoms with Crippen LogP contribution < -0.4 is 10.2 Å². The van der Waals surface area contributed by atoms with Crippen LogP contribution in [0.4, 0.5) is 5.95 Å². The summed E-state index contributed by atoms with van der Waals surface area (Å²) in [5.41, 5.74) is 2.36. The van der Waals surface area contributed by atoms with E-state index in [1.54, 1.807) is 26.2 Å². The predicted octanol–water partition coefficient (Wildman–Crippen LogP) is 3.09. The number of esters is 1. The van der Waals surface area contributed by atoms with Gasteiger partial charge in [-0.25, -0.2) is 9.97 Å². The molecule has 2 fully saturated rings. The van der Waals surface area contributed by atoms with Crippen LogP contribution in [0.2, 0.25) is 0 Å². The third kappa shape index (κ3) is 4.59. The molecule has 0 spiro atoms. The van der Waals surface area contributed by atoms with Crippen molar-refractivity contribution >= 4 is 17.8 Å². The third-order valence-electron chi connectivity index (χ3n) is 6.37. The minimum Gasteiger partial charge on any atom is -0.459 e. The normalized spacial score (nSPS) is 21.0. The first kappa shape index (κ1) is 22.2. The molecule has 0 saturated carbocycles. The van der Waals surface area contributed by atoms with Crippen molar-refractivity contribution in [2.45, 2.75) is 64.5 Å². The summed E-state index contributed by atoms with van der Waals surface area (Å²) in [5, 5.41) is 3.12. The molecule has 32 heavy (non-hydrogen) atoms. The van der Waals surface area contributed by atoms with E-state index in [0.717, 1.165) is 48.7 Å². The maximum atomic E-state index is 12.7. The van der Waals surface area contributed by atoms with Gasteiger partial charge in [-0.2, -0.15) is 0 Å². The Hall–Kier alpha value is -3.03. The lowest BCUT2D eigenvalue weighted by molar-refractivity contribution is -0.147. The number of rotatable bonds is 5. The second-order valence-electron chi connectivity index (χ2n) is 9.46. The quantitative estimate of drug-likeness (QED) is 0.718. The van der Waals surface area contributed by atoms with Gasteiger partial charge < -0.3 is 15.0 Å².